The van der Waals surface area contributed by atoms with Crippen LogP contribution >= 0.6 is 0 Å². The van der Waals surface area contributed by atoms with Gasteiger partial charge in [-0.1, -0.05) is 17.3 Å². The average molecular weight is 364 g/mol. The molecule has 0 unspecified atom stereocenters. The highest BCUT2D eigenvalue weighted by atomic mass is 32.2. The van der Waals surface area contributed by atoms with Gasteiger partial charge in [-0.05, 0) is 31.5 Å². The Labute approximate surface area is 136 Å². The minimum absolute atomic E-state index is 0.0120. The Morgan fingerprint density at radius 3 is 2.25 bits per heavy atom. The molecule has 0 saturated heterocycles. The maximum Gasteiger partial charge on any atom is 0.573 e. The summed E-state index contributed by atoms with van der Waals surface area (Å²) in [7, 11) is -2.47. The van der Waals surface area contributed by atoms with Crippen LogP contribution in [0.4, 0.5) is 13.2 Å². The maximum atomic E-state index is 12.5. The third kappa shape index (κ3) is 4.06. The van der Waals surface area contributed by atoms with Gasteiger partial charge in [-0.2, -0.15) is 4.31 Å². The van der Waals surface area contributed by atoms with Crippen LogP contribution in [0.15, 0.2) is 33.7 Å². The van der Waals surface area contributed by atoms with E-state index in [-0.39, 0.29) is 28.6 Å². The lowest BCUT2D eigenvalue weighted by Crippen LogP contribution is -2.27. The molecule has 0 amide bonds. The van der Waals surface area contributed by atoms with Gasteiger partial charge in [0.2, 0.25) is 10.0 Å². The molecule has 0 aliphatic rings. The Bertz CT molecular complexity index is 794. The lowest BCUT2D eigenvalue weighted by atomic mass is 10.2. The van der Waals surface area contributed by atoms with E-state index in [1.54, 1.807) is 0 Å². The summed E-state index contributed by atoms with van der Waals surface area (Å²) in [5, 5.41) is 3.61. The van der Waals surface area contributed by atoms with Crippen molar-refractivity contribution in [2.24, 2.45) is 0 Å². The van der Waals surface area contributed by atoms with Gasteiger partial charge >= 0.3 is 6.36 Å². The van der Waals surface area contributed by atoms with E-state index in [4.69, 9.17) is 4.52 Å². The van der Waals surface area contributed by atoms with Gasteiger partial charge in [-0.3, -0.25) is 0 Å². The molecule has 10 heteroatoms. The number of ether oxygens (including phenoxy) is 1. The molecular formula is C14H15F3N2O4S. The highest BCUT2D eigenvalue weighted by Crippen LogP contribution is 2.25. The van der Waals surface area contributed by atoms with Crippen molar-refractivity contribution in [3.05, 3.63) is 41.3 Å². The molecule has 24 heavy (non-hydrogen) atoms. The predicted molar refractivity (Wildman–Crippen MR) is 77.8 cm³/mol. The first-order chi connectivity index (χ1) is 11.0. The fourth-order valence-corrected chi connectivity index (χ4v) is 3.58. The third-order valence-electron chi connectivity index (χ3n) is 3.20. The number of benzene rings is 1. The Kier molecular flexibility index (Phi) is 4.90. The van der Waals surface area contributed by atoms with E-state index >= 15 is 0 Å². The summed E-state index contributed by atoms with van der Waals surface area (Å²) in [4.78, 5) is -0.0120. The van der Waals surface area contributed by atoms with Crippen molar-refractivity contribution in [3.8, 4) is 5.75 Å². The Hall–Kier alpha value is -2.07. The molecule has 0 aliphatic carbocycles. The molecule has 6 nitrogen and oxygen atoms in total. The molecule has 0 aliphatic heterocycles. The van der Waals surface area contributed by atoms with Crippen LogP contribution in [0.5, 0.6) is 5.75 Å². The fourth-order valence-electron chi connectivity index (χ4n) is 2.14. The van der Waals surface area contributed by atoms with E-state index in [1.165, 1.54) is 33.0 Å². The smallest absolute Gasteiger partial charge is 0.406 e. The van der Waals surface area contributed by atoms with Crippen molar-refractivity contribution < 1.29 is 30.8 Å². The molecule has 2 rings (SSSR count). The molecule has 0 saturated carbocycles. The maximum absolute atomic E-state index is 12.5. The van der Waals surface area contributed by atoms with Crippen molar-refractivity contribution in [1.82, 2.24) is 9.46 Å². The first-order valence-electron chi connectivity index (χ1n) is 6.74. The molecule has 2 aromatic rings. The topological polar surface area (TPSA) is 72.6 Å². The summed E-state index contributed by atoms with van der Waals surface area (Å²) in [6, 6.07) is 4.97. The summed E-state index contributed by atoms with van der Waals surface area (Å²) in [5.41, 5.74) is 0.746. The zero-order valence-corrected chi connectivity index (χ0v) is 13.9. The van der Waals surface area contributed by atoms with Crippen LogP contribution < -0.4 is 4.74 Å². The van der Waals surface area contributed by atoms with E-state index in [0.29, 0.717) is 5.56 Å². The van der Waals surface area contributed by atoms with Crippen LogP contribution in [0.2, 0.25) is 0 Å². The molecule has 1 heterocycles. The SMILES string of the molecule is Cc1noc(C)c1S(=O)(=O)N(C)Cc1ccc(OC(F)(F)F)cc1. The lowest BCUT2D eigenvalue weighted by Gasteiger charge is -2.17. The van der Waals surface area contributed by atoms with Crippen LogP contribution in [0.1, 0.15) is 17.0 Å². The van der Waals surface area contributed by atoms with Crippen LogP contribution in [0.3, 0.4) is 0 Å². The average Bonchev–Trinajstić information content (AvgIpc) is 2.79. The Morgan fingerprint density at radius 1 is 1.21 bits per heavy atom. The number of rotatable bonds is 5. The normalized spacial score (nSPS) is 12.6. The van der Waals surface area contributed by atoms with Gasteiger partial charge in [0.05, 0.1) is 0 Å². The summed E-state index contributed by atoms with van der Waals surface area (Å²) >= 11 is 0. The van der Waals surface area contributed by atoms with Gasteiger partial charge in [-0.25, -0.2) is 8.42 Å². The summed E-state index contributed by atoms with van der Waals surface area (Å²) < 4.78 is 71.1. The molecule has 0 atom stereocenters. The number of aromatic nitrogens is 1. The standard InChI is InChI=1S/C14H15F3N2O4S/c1-9-13(10(2)23-18-9)24(20,21)19(3)8-11-4-6-12(7-5-11)22-14(15,16)17/h4-7H,8H2,1-3H3. The molecule has 132 valence electrons. The first-order valence-corrected chi connectivity index (χ1v) is 8.18. The molecule has 0 N–H and O–H groups in total. The van der Waals surface area contributed by atoms with Gasteiger partial charge in [0, 0.05) is 13.6 Å². The summed E-state index contributed by atoms with van der Waals surface area (Å²) in [6.07, 6.45) is -4.77. The highest BCUT2D eigenvalue weighted by molar-refractivity contribution is 7.89. The number of aryl methyl sites for hydroxylation is 2. The monoisotopic (exact) mass is 364 g/mol. The zero-order valence-electron chi connectivity index (χ0n) is 13.1. The predicted octanol–water partition coefficient (Wildman–Crippen LogP) is 3.01. The fraction of sp³-hybridized carbons (Fsp3) is 0.357. The Balaban J connectivity index is 2.16. The second kappa shape index (κ2) is 6.44. The molecule has 0 bridgehead atoms. The highest BCUT2D eigenvalue weighted by Gasteiger charge is 2.31. The quantitative estimate of drug-likeness (QED) is 0.815. The second-order valence-electron chi connectivity index (χ2n) is 5.11. The van der Waals surface area contributed by atoms with E-state index in [1.807, 2.05) is 0 Å². The Morgan fingerprint density at radius 2 is 1.79 bits per heavy atom. The minimum atomic E-state index is -4.77. The molecule has 0 radical (unpaired) electrons. The molecular weight excluding hydrogens is 349 g/mol. The number of nitrogens with zero attached hydrogens (tertiary/aromatic N) is 2. The van der Waals surface area contributed by atoms with Crippen molar-refractivity contribution in [1.29, 1.82) is 0 Å². The number of alkyl halides is 3. The van der Waals surface area contributed by atoms with Gasteiger partial charge in [0.15, 0.2) is 5.76 Å². The molecule has 0 fully saturated rings. The van der Waals surface area contributed by atoms with E-state index in [0.717, 1.165) is 16.4 Å². The zero-order chi connectivity index (χ0) is 18.1. The first kappa shape index (κ1) is 18.3. The lowest BCUT2D eigenvalue weighted by molar-refractivity contribution is -0.274. The second-order valence-corrected chi connectivity index (χ2v) is 7.09. The van der Waals surface area contributed by atoms with Crippen molar-refractivity contribution >= 4 is 10.0 Å². The minimum Gasteiger partial charge on any atom is -0.406 e. The van der Waals surface area contributed by atoms with Crippen molar-refractivity contribution in [2.45, 2.75) is 31.7 Å². The molecule has 1 aromatic heterocycles. The number of hydrogen-bond donors (Lipinski definition) is 0. The van der Waals surface area contributed by atoms with Crippen LogP contribution in [0, 0.1) is 13.8 Å². The largest absolute Gasteiger partial charge is 0.573 e. The summed E-state index contributed by atoms with van der Waals surface area (Å²) in [5.74, 6) is -0.198. The van der Waals surface area contributed by atoms with Gasteiger partial charge in [-0.15, -0.1) is 13.2 Å². The third-order valence-corrected chi connectivity index (χ3v) is 5.25. The number of halogens is 3. The number of sulfonamides is 1. The van der Waals surface area contributed by atoms with Crippen LogP contribution in [-0.4, -0.2) is 31.3 Å². The van der Waals surface area contributed by atoms with Gasteiger partial charge in [0.1, 0.15) is 16.3 Å². The van der Waals surface area contributed by atoms with E-state index in [2.05, 4.69) is 9.89 Å². The molecule has 0 spiro atoms. The van der Waals surface area contributed by atoms with Gasteiger partial charge < -0.3 is 9.26 Å². The van der Waals surface area contributed by atoms with Crippen molar-refractivity contribution in [3.63, 3.8) is 0 Å². The molecule has 1 aromatic carbocycles. The van der Waals surface area contributed by atoms with E-state index < -0.39 is 16.4 Å². The number of hydrogen-bond acceptors (Lipinski definition) is 5. The van der Waals surface area contributed by atoms with E-state index in [9.17, 15) is 21.6 Å². The van der Waals surface area contributed by atoms with Crippen LogP contribution in [0.25, 0.3) is 0 Å². The van der Waals surface area contributed by atoms with Crippen LogP contribution in [-0.2, 0) is 16.6 Å². The van der Waals surface area contributed by atoms with Gasteiger partial charge in [0.25, 0.3) is 0 Å². The summed E-state index contributed by atoms with van der Waals surface area (Å²) in [6.45, 7) is 2.98. The van der Waals surface area contributed by atoms with Crippen molar-refractivity contribution in [2.75, 3.05) is 7.05 Å².